The van der Waals surface area contributed by atoms with Gasteiger partial charge in [-0.05, 0) is 48.4 Å². The maximum absolute atomic E-state index is 14.1. The molecule has 2 aromatic heterocycles. The third-order valence-corrected chi connectivity index (χ3v) is 8.01. The number of rotatable bonds is 8. The summed E-state index contributed by atoms with van der Waals surface area (Å²) < 4.78 is 20.0. The summed E-state index contributed by atoms with van der Waals surface area (Å²) in [5, 5.41) is 29.8. The normalized spacial score (nSPS) is 16.6. The van der Waals surface area contributed by atoms with E-state index >= 15 is 0 Å². The fourth-order valence-corrected chi connectivity index (χ4v) is 5.95. The third kappa shape index (κ3) is 5.20. The molecule has 0 bridgehead atoms. The molecule has 0 saturated carbocycles. The van der Waals surface area contributed by atoms with E-state index in [1.807, 2.05) is 0 Å². The molecule has 1 fully saturated rings. The number of anilines is 1. The van der Waals surface area contributed by atoms with Crippen molar-refractivity contribution in [3.63, 3.8) is 0 Å². The number of ether oxygens (including phenoxy) is 1. The Bertz CT molecular complexity index is 1580. The van der Waals surface area contributed by atoms with Gasteiger partial charge in [-0.15, -0.1) is 10.2 Å². The van der Waals surface area contributed by atoms with Gasteiger partial charge in [-0.3, -0.25) is 19.5 Å². The number of aliphatic hydroxyl groups is 1. The zero-order valence-electron chi connectivity index (χ0n) is 20.4. The first-order chi connectivity index (χ1) is 18.9. The number of pyridine rings is 1. The van der Waals surface area contributed by atoms with Crippen molar-refractivity contribution in [2.75, 3.05) is 11.5 Å². The zero-order valence-corrected chi connectivity index (χ0v) is 22.1. The predicted molar refractivity (Wildman–Crippen MR) is 144 cm³/mol. The Morgan fingerprint density at radius 3 is 2.64 bits per heavy atom. The van der Waals surface area contributed by atoms with Crippen molar-refractivity contribution in [1.29, 1.82) is 0 Å². The molecule has 1 atom stereocenters. The van der Waals surface area contributed by atoms with Crippen LogP contribution in [0.25, 0.3) is 5.76 Å². The molecule has 0 spiro atoms. The second kappa shape index (κ2) is 11.2. The van der Waals surface area contributed by atoms with Gasteiger partial charge >= 0.3 is 5.91 Å². The first kappa shape index (κ1) is 26.3. The van der Waals surface area contributed by atoms with Crippen LogP contribution in [-0.2, 0) is 15.3 Å². The van der Waals surface area contributed by atoms with Crippen molar-refractivity contribution in [2.45, 2.75) is 23.1 Å². The van der Waals surface area contributed by atoms with Gasteiger partial charge in [0, 0.05) is 23.7 Å². The highest BCUT2D eigenvalue weighted by Gasteiger charge is 2.48. The van der Waals surface area contributed by atoms with Crippen molar-refractivity contribution in [3.8, 4) is 11.5 Å². The van der Waals surface area contributed by atoms with Crippen LogP contribution in [0.15, 0.2) is 76.9 Å². The van der Waals surface area contributed by atoms with Gasteiger partial charge in [0.25, 0.3) is 5.78 Å². The fraction of sp³-hybridized carbons (Fsp3) is 0.148. The molecule has 1 aliphatic rings. The van der Waals surface area contributed by atoms with Gasteiger partial charge in [-0.1, -0.05) is 47.4 Å². The topological polar surface area (TPSA) is 126 Å². The minimum atomic E-state index is -1.09. The lowest BCUT2D eigenvalue weighted by Crippen LogP contribution is -2.29. The molecule has 2 aromatic carbocycles. The van der Waals surface area contributed by atoms with E-state index in [1.54, 1.807) is 25.1 Å². The maximum atomic E-state index is 14.1. The Morgan fingerprint density at radius 1 is 1.13 bits per heavy atom. The molecule has 3 heterocycles. The second-order valence-electron chi connectivity index (χ2n) is 8.30. The summed E-state index contributed by atoms with van der Waals surface area (Å²) >= 11 is 2.30. The lowest BCUT2D eigenvalue weighted by molar-refractivity contribution is -0.132. The highest BCUT2D eigenvalue weighted by molar-refractivity contribution is 8.00. The van der Waals surface area contributed by atoms with E-state index in [4.69, 9.17) is 4.74 Å². The number of carbonyl (C=O) groups is 2. The number of benzene rings is 2. The molecule has 5 rings (SSSR count). The SMILES string of the molecule is CCOc1cc(C2/C(=C(\O)c3ccncc3)C(=O)C(=O)N2c2nnc(SCc3ccccc3F)s2)ccc1O. The Labute approximate surface area is 230 Å². The number of phenols is 1. The predicted octanol–water partition coefficient (Wildman–Crippen LogP) is 5.10. The standard InChI is InChI=1S/C27H21FN4O5S2/c1-2-37-20-13-16(7-8-19(20)33)22-21(23(34)15-9-11-29-12-10-15)24(35)25(36)32(22)26-30-31-27(39-26)38-14-17-5-3-4-6-18(17)28/h3-13,22,33-34H,2,14H2,1H3/b23-21+. The number of Topliss-reactive ketones (excluding diaryl/α,β-unsaturated/α-hetero) is 1. The Balaban J connectivity index is 1.57. The highest BCUT2D eigenvalue weighted by Crippen LogP contribution is 2.45. The van der Waals surface area contributed by atoms with Crippen LogP contribution in [0.2, 0.25) is 0 Å². The molecule has 2 N–H and O–H groups in total. The van der Waals surface area contributed by atoms with E-state index in [9.17, 15) is 24.2 Å². The number of hydrogen-bond donors (Lipinski definition) is 2. The van der Waals surface area contributed by atoms with Crippen molar-refractivity contribution < 1.29 is 28.9 Å². The summed E-state index contributed by atoms with van der Waals surface area (Å²) in [7, 11) is 0. The number of aromatic hydroxyl groups is 1. The van der Waals surface area contributed by atoms with Crippen LogP contribution in [-0.4, -0.2) is 43.7 Å². The molecule has 1 amide bonds. The third-order valence-electron chi connectivity index (χ3n) is 5.91. The first-order valence-corrected chi connectivity index (χ1v) is 13.6. The molecule has 1 aliphatic heterocycles. The number of halogens is 1. The second-order valence-corrected chi connectivity index (χ2v) is 10.5. The molecule has 39 heavy (non-hydrogen) atoms. The number of aliphatic hydroxyl groups excluding tert-OH is 1. The van der Waals surface area contributed by atoms with E-state index in [-0.39, 0.29) is 40.4 Å². The summed E-state index contributed by atoms with van der Waals surface area (Å²) in [6.07, 6.45) is 2.91. The molecule has 4 aromatic rings. The lowest BCUT2D eigenvalue weighted by Gasteiger charge is -2.23. The van der Waals surface area contributed by atoms with Gasteiger partial charge in [0.05, 0.1) is 18.2 Å². The van der Waals surface area contributed by atoms with E-state index in [2.05, 4.69) is 15.2 Å². The largest absolute Gasteiger partial charge is 0.507 e. The van der Waals surface area contributed by atoms with Crippen LogP contribution in [0.5, 0.6) is 11.5 Å². The Hall–Kier alpha value is -4.29. The molecule has 9 nitrogen and oxygen atoms in total. The molecule has 1 saturated heterocycles. The average Bonchev–Trinajstić information content (AvgIpc) is 3.51. The number of aromatic nitrogens is 3. The highest BCUT2D eigenvalue weighted by atomic mass is 32.2. The minimum Gasteiger partial charge on any atom is -0.507 e. The minimum absolute atomic E-state index is 0.116. The van der Waals surface area contributed by atoms with Crippen LogP contribution in [0.3, 0.4) is 0 Å². The van der Waals surface area contributed by atoms with Crippen molar-refractivity contribution >= 4 is 45.7 Å². The van der Waals surface area contributed by atoms with Crippen molar-refractivity contribution in [1.82, 2.24) is 15.2 Å². The Kier molecular flexibility index (Phi) is 7.57. The van der Waals surface area contributed by atoms with Crippen molar-refractivity contribution in [2.24, 2.45) is 0 Å². The number of carbonyl (C=O) groups excluding carboxylic acids is 2. The van der Waals surface area contributed by atoms with Crippen LogP contribution >= 0.6 is 23.1 Å². The molecule has 1 unspecified atom stereocenters. The van der Waals surface area contributed by atoms with Crippen LogP contribution in [0.4, 0.5) is 9.52 Å². The van der Waals surface area contributed by atoms with Gasteiger partial charge in [0.2, 0.25) is 5.13 Å². The lowest BCUT2D eigenvalue weighted by atomic mass is 9.95. The first-order valence-electron chi connectivity index (χ1n) is 11.8. The van der Waals surface area contributed by atoms with Gasteiger partial charge in [0.15, 0.2) is 15.8 Å². The summed E-state index contributed by atoms with van der Waals surface area (Å²) in [4.78, 5) is 31.8. The Morgan fingerprint density at radius 2 is 1.90 bits per heavy atom. The van der Waals surface area contributed by atoms with E-state index in [0.29, 0.717) is 26.8 Å². The van der Waals surface area contributed by atoms with Crippen molar-refractivity contribution in [3.05, 3.63) is 95.1 Å². The smallest absolute Gasteiger partial charge is 0.301 e. The number of amides is 1. The zero-order chi connectivity index (χ0) is 27.5. The maximum Gasteiger partial charge on any atom is 0.301 e. The van der Waals surface area contributed by atoms with Crippen LogP contribution < -0.4 is 9.64 Å². The van der Waals surface area contributed by atoms with Gasteiger partial charge in [-0.25, -0.2) is 4.39 Å². The summed E-state index contributed by atoms with van der Waals surface area (Å²) in [5.74, 6) is -2.19. The summed E-state index contributed by atoms with van der Waals surface area (Å²) in [6.45, 7) is 2.02. The number of ketones is 1. The monoisotopic (exact) mass is 564 g/mol. The molecule has 0 radical (unpaired) electrons. The number of thioether (sulfide) groups is 1. The quantitative estimate of drug-likeness (QED) is 0.0989. The van der Waals surface area contributed by atoms with Crippen LogP contribution in [0.1, 0.15) is 29.7 Å². The molecule has 0 aliphatic carbocycles. The van der Waals surface area contributed by atoms with E-state index < -0.39 is 17.7 Å². The molecular formula is C27H21FN4O5S2. The van der Waals surface area contributed by atoms with E-state index in [1.165, 1.54) is 65.5 Å². The van der Waals surface area contributed by atoms with Gasteiger partial charge in [0.1, 0.15) is 11.6 Å². The van der Waals surface area contributed by atoms with Gasteiger partial charge < -0.3 is 14.9 Å². The van der Waals surface area contributed by atoms with Crippen LogP contribution in [0, 0.1) is 5.82 Å². The summed E-state index contributed by atoms with van der Waals surface area (Å²) in [5.41, 5.74) is 1.04. The number of hydrogen-bond acceptors (Lipinski definition) is 10. The van der Waals surface area contributed by atoms with Gasteiger partial charge in [-0.2, -0.15) is 0 Å². The summed E-state index contributed by atoms with van der Waals surface area (Å²) in [6, 6.07) is 12.8. The molecular weight excluding hydrogens is 543 g/mol. The molecule has 12 heteroatoms. The fourth-order valence-electron chi connectivity index (χ4n) is 4.10. The number of nitrogens with zero attached hydrogens (tertiary/aromatic N) is 4. The number of phenolic OH excluding ortho intramolecular Hbond substituents is 1. The molecule has 198 valence electrons. The van der Waals surface area contributed by atoms with E-state index in [0.717, 1.165) is 11.3 Å². The average molecular weight is 565 g/mol.